The fraction of sp³-hybridized carbons (Fsp3) is 0.471. The van der Waals surface area contributed by atoms with Crippen molar-refractivity contribution in [1.82, 2.24) is 4.57 Å². The van der Waals surface area contributed by atoms with E-state index in [0.717, 1.165) is 23.8 Å². The van der Waals surface area contributed by atoms with Crippen molar-refractivity contribution < 1.29 is 9.90 Å². The number of aromatic nitrogens is 1. The van der Waals surface area contributed by atoms with Gasteiger partial charge in [-0.1, -0.05) is 13.8 Å². The number of carboxylic acid groups (broad SMARTS) is 1. The number of aromatic carboxylic acids is 1. The maximum atomic E-state index is 11.3. The van der Waals surface area contributed by atoms with Gasteiger partial charge in [0.25, 0.3) is 0 Å². The molecule has 3 nitrogen and oxygen atoms in total. The van der Waals surface area contributed by atoms with Gasteiger partial charge < -0.3 is 9.67 Å². The van der Waals surface area contributed by atoms with Crippen LogP contribution in [-0.2, 0) is 12.8 Å². The van der Waals surface area contributed by atoms with E-state index in [0.29, 0.717) is 11.6 Å². The molecule has 1 aromatic heterocycles. The smallest absolute Gasteiger partial charge is 0.335 e. The number of rotatable bonds is 4. The van der Waals surface area contributed by atoms with Gasteiger partial charge in [-0.3, -0.25) is 0 Å². The fourth-order valence-electron chi connectivity index (χ4n) is 3.20. The number of benzene rings is 1. The van der Waals surface area contributed by atoms with Crippen molar-refractivity contribution in [3.05, 3.63) is 34.5 Å². The summed E-state index contributed by atoms with van der Waals surface area (Å²) in [6.07, 6.45) is 1.77. The molecule has 0 aliphatic rings. The SMILES string of the molecule is CCc1c(C)n(C(C)C)c2c(CC)cc(C(=O)O)cc12. The van der Waals surface area contributed by atoms with Crippen molar-refractivity contribution in [2.75, 3.05) is 0 Å². The van der Waals surface area contributed by atoms with Crippen molar-refractivity contribution in [2.24, 2.45) is 0 Å². The number of hydrogen-bond acceptors (Lipinski definition) is 1. The highest BCUT2D eigenvalue weighted by atomic mass is 16.4. The topological polar surface area (TPSA) is 42.2 Å². The molecule has 0 fully saturated rings. The first-order chi connectivity index (χ1) is 9.42. The Morgan fingerprint density at radius 1 is 1.25 bits per heavy atom. The summed E-state index contributed by atoms with van der Waals surface area (Å²) in [4.78, 5) is 11.3. The molecule has 108 valence electrons. The monoisotopic (exact) mass is 273 g/mol. The van der Waals surface area contributed by atoms with Gasteiger partial charge in [-0.15, -0.1) is 0 Å². The lowest BCUT2D eigenvalue weighted by atomic mass is 10.0. The molecule has 0 amide bonds. The number of aryl methyl sites for hydroxylation is 2. The van der Waals surface area contributed by atoms with Crippen LogP contribution in [0.4, 0.5) is 0 Å². The Hall–Kier alpha value is -1.77. The summed E-state index contributed by atoms with van der Waals surface area (Å²) in [6.45, 7) is 10.7. The quantitative estimate of drug-likeness (QED) is 0.899. The van der Waals surface area contributed by atoms with Crippen molar-refractivity contribution in [1.29, 1.82) is 0 Å². The van der Waals surface area contributed by atoms with Crippen LogP contribution in [0.5, 0.6) is 0 Å². The molecular formula is C17H23NO2. The zero-order valence-corrected chi connectivity index (χ0v) is 12.9. The fourth-order valence-corrected chi connectivity index (χ4v) is 3.20. The highest BCUT2D eigenvalue weighted by molar-refractivity contribution is 5.97. The van der Waals surface area contributed by atoms with Crippen LogP contribution in [0.1, 0.15) is 60.9 Å². The molecule has 20 heavy (non-hydrogen) atoms. The molecule has 0 radical (unpaired) electrons. The highest BCUT2D eigenvalue weighted by Crippen LogP contribution is 2.33. The first kappa shape index (κ1) is 14.6. The molecule has 2 rings (SSSR count). The lowest BCUT2D eigenvalue weighted by Gasteiger charge is -2.15. The Morgan fingerprint density at radius 3 is 2.35 bits per heavy atom. The minimum Gasteiger partial charge on any atom is -0.478 e. The lowest BCUT2D eigenvalue weighted by Crippen LogP contribution is -2.05. The summed E-state index contributed by atoms with van der Waals surface area (Å²) < 4.78 is 2.35. The van der Waals surface area contributed by atoms with Gasteiger partial charge in [-0.05, 0) is 56.9 Å². The van der Waals surface area contributed by atoms with E-state index >= 15 is 0 Å². The molecule has 0 spiro atoms. The van der Waals surface area contributed by atoms with Crippen LogP contribution in [0.15, 0.2) is 12.1 Å². The molecular weight excluding hydrogens is 250 g/mol. The molecule has 1 aromatic carbocycles. The first-order valence-electron chi connectivity index (χ1n) is 7.31. The van der Waals surface area contributed by atoms with Crippen molar-refractivity contribution in [3.8, 4) is 0 Å². The van der Waals surface area contributed by atoms with Gasteiger partial charge in [0.05, 0.1) is 11.1 Å². The second kappa shape index (κ2) is 5.31. The Bertz CT molecular complexity index is 665. The van der Waals surface area contributed by atoms with Gasteiger partial charge in [0.15, 0.2) is 0 Å². The number of nitrogens with zero attached hydrogens (tertiary/aromatic N) is 1. The Balaban J connectivity index is 2.96. The predicted octanol–water partition coefficient (Wildman–Crippen LogP) is 4.35. The first-order valence-corrected chi connectivity index (χ1v) is 7.31. The lowest BCUT2D eigenvalue weighted by molar-refractivity contribution is 0.0697. The third-order valence-electron chi connectivity index (χ3n) is 4.05. The molecule has 1 heterocycles. The number of hydrogen-bond donors (Lipinski definition) is 1. The van der Waals surface area contributed by atoms with E-state index in [1.807, 2.05) is 12.1 Å². The van der Waals surface area contributed by atoms with Gasteiger partial charge in [0.1, 0.15) is 0 Å². The van der Waals surface area contributed by atoms with E-state index in [9.17, 15) is 9.90 Å². The van der Waals surface area contributed by atoms with Gasteiger partial charge in [-0.25, -0.2) is 4.79 Å². The average Bonchev–Trinajstić information content (AvgIpc) is 2.68. The van der Waals surface area contributed by atoms with E-state index in [2.05, 4.69) is 39.2 Å². The normalized spacial score (nSPS) is 11.5. The number of carboxylic acids is 1. The van der Waals surface area contributed by atoms with E-state index in [1.54, 1.807) is 0 Å². The Labute approximate surface area is 120 Å². The highest BCUT2D eigenvalue weighted by Gasteiger charge is 2.19. The Kier molecular flexibility index (Phi) is 3.89. The molecule has 0 saturated heterocycles. The summed E-state index contributed by atoms with van der Waals surface area (Å²) in [7, 11) is 0. The third-order valence-corrected chi connectivity index (χ3v) is 4.05. The van der Waals surface area contributed by atoms with E-state index in [1.165, 1.54) is 16.8 Å². The summed E-state index contributed by atoms with van der Waals surface area (Å²) in [5.74, 6) is -0.849. The largest absolute Gasteiger partial charge is 0.478 e. The van der Waals surface area contributed by atoms with Crippen LogP contribution in [0.25, 0.3) is 10.9 Å². The van der Waals surface area contributed by atoms with Crippen LogP contribution < -0.4 is 0 Å². The van der Waals surface area contributed by atoms with Crippen LogP contribution in [0, 0.1) is 6.92 Å². The second-order valence-corrected chi connectivity index (χ2v) is 5.57. The van der Waals surface area contributed by atoms with Gasteiger partial charge in [-0.2, -0.15) is 0 Å². The van der Waals surface area contributed by atoms with Crippen LogP contribution in [-0.4, -0.2) is 15.6 Å². The molecule has 0 bridgehead atoms. The van der Waals surface area contributed by atoms with E-state index < -0.39 is 5.97 Å². The van der Waals surface area contributed by atoms with Crippen LogP contribution >= 0.6 is 0 Å². The van der Waals surface area contributed by atoms with Crippen molar-refractivity contribution in [3.63, 3.8) is 0 Å². The molecule has 0 unspecified atom stereocenters. The summed E-state index contributed by atoms with van der Waals surface area (Å²) in [5, 5.41) is 10.4. The molecule has 3 heteroatoms. The number of fused-ring (bicyclic) bond motifs is 1. The Morgan fingerprint density at radius 2 is 1.90 bits per heavy atom. The summed E-state index contributed by atoms with van der Waals surface area (Å²) in [6, 6.07) is 4.03. The summed E-state index contributed by atoms with van der Waals surface area (Å²) >= 11 is 0. The molecule has 2 aromatic rings. The number of carbonyl (C=O) groups is 1. The summed E-state index contributed by atoms with van der Waals surface area (Å²) in [5.41, 5.74) is 5.25. The molecule has 0 saturated carbocycles. The maximum Gasteiger partial charge on any atom is 0.335 e. The molecule has 0 atom stereocenters. The molecule has 0 aliphatic heterocycles. The van der Waals surface area contributed by atoms with E-state index in [4.69, 9.17) is 0 Å². The average molecular weight is 273 g/mol. The van der Waals surface area contributed by atoms with Gasteiger partial charge in [0, 0.05) is 17.1 Å². The van der Waals surface area contributed by atoms with Crippen molar-refractivity contribution >= 4 is 16.9 Å². The second-order valence-electron chi connectivity index (χ2n) is 5.57. The minimum atomic E-state index is -0.849. The molecule has 0 aliphatic carbocycles. The van der Waals surface area contributed by atoms with E-state index in [-0.39, 0.29) is 0 Å². The standard InChI is InChI=1S/C17H23NO2/c1-6-12-8-13(17(19)20)9-15-14(7-2)11(5)18(10(3)4)16(12)15/h8-10H,6-7H2,1-5H3,(H,19,20). The maximum absolute atomic E-state index is 11.3. The third kappa shape index (κ3) is 2.11. The van der Waals surface area contributed by atoms with Crippen LogP contribution in [0.2, 0.25) is 0 Å². The van der Waals surface area contributed by atoms with Crippen LogP contribution in [0.3, 0.4) is 0 Å². The van der Waals surface area contributed by atoms with Gasteiger partial charge >= 0.3 is 5.97 Å². The van der Waals surface area contributed by atoms with Gasteiger partial charge in [0.2, 0.25) is 0 Å². The zero-order chi connectivity index (χ0) is 15.0. The minimum absolute atomic E-state index is 0.374. The zero-order valence-electron chi connectivity index (χ0n) is 12.9. The van der Waals surface area contributed by atoms with Crippen molar-refractivity contribution in [2.45, 2.75) is 53.5 Å². The predicted molar refractivity (Wildman–Crippen MR) is 82.8 cm³/mol. The molecule has 1 N–H and O–H groups in total.